The summed E-state index contributed by atoms with van der Waals surface area (Å²) in [6, 6.07) is -0.197. The van der Waals surface area contributed by atoms with Gasteiger partial charge in [0.15, 0.2) is 0 Å². The molecule has 1 aliphatic rings. The summed E-state index contributed by atoms with van der Waals surface area (Å²) in [5.74, 6) is 0.695. The highest BCUT2D eigenvalue weighted by Crippen LogP contribution is 2.18. The zero-order chi connectivity index (χ0) is 10.6. The third-order valence-corrected chi connectivity index (χ3v) is 2.79. The molecule has 1 unspecified atom stereocenters. The first-order valence-electron chi connectivity index (χ1n) is 4.88. The molecule has 0 bridgehead atoms. The van der Waals surface area contributed by atoms with Crippen molar-refractivity contribution in [2.75, 3.05) is 18.9 Å². The first-order valence-corrected chi connectivity index (χ1v) is 5.51. The van der Waals surface area contributed by atoms with Gasteiger partial charge >= 0.3 is 0 Å². The van der Waals surface area contributed by atoms with E-state index in [9.17, 15) is 9.90 Å². The van der Waals surface area contributed by atoms with Gasteiger partial charge in [0.1, 0.15) is 0 Å². The zero-order valence-corrected chi connectivity index (χ0v) is 8.99. The molecular weight excluding hydrogens is 202 g/mol. The fourth-order valence-corrected chi connectivity index (χ4v) is 1.90. The highest BCUT2D eigenvalue weighted by Gasteiger charge is 2.32. The molecule has 1 fully saturated rings. The van der Waals surface area contributed by atoms with Crippen LogP contribution in [0.2, 0.25) is 0 Å². The molecule has 0 saturated carbocycles. The van der Waals surface area contributed by atoms with Crippen LogP contribution in [-0.2, 0) is 4.79 Å². The van der Waals surface area contributed by atoms with Crippen molar-refractivity contribution in [3.63, 3.8) is 0 Å². The molecule has 0 radical (unpaired) electrons. The van der Waals surface area contributed by atoms with Crippen molar-refractivity contribution in [2.24, 2.45) is 0 Å². The van der Waals surface area contributed by atoms with Crippen LogP contribution in [-0.4, -0.2) is 52.1 Å². The van der Waals surface area contributed by atoms with Crippen molar-refractivity contribution < 1.29 is 15.0 Å². The van der Waals surface area contributed by atoms with Crippen LogP contribution < -0.4 is 0 Å². The quantitative estimate of drug-likeness (QED) is 0.566. The number of nitrogens with zero attached hydrogens (tertiary/aromatic N) is 1. The summed E-state index contributed by atoms with van der Waals surface area (Å²) in [5, 5.41) is 18.4. The number of hydrogen-bond acceptors (Lipinski definition) is 4. The van der Waals surface area contributed by atoms with E-state index >= 15 is 0 Å². The number of thiol groups is 1. The van der Waals surface area contributed by atoms with Crippen molar-refractivity contribution in [1.29, 1.82) is 0 Å². The Morgan fingerprint density at radius 1 is 1.57 bits per heavy atom. The van der Waals surface area contributed by atoms with Crippen LogP contribution in [0.4, 0.5) is 0 Å². The van der Waals surface area contributed by atoms with Crippen molar-refractivity contribution in [2.45, 2.75) is 31.4 Å². The Labute approximate surface area is 89.3 Å². The molecule has 1 rings (SSSR count). The molecular formula is C9H17NO3S. The van der Waals surface area contributed by atoms with E-state index in [0.717, 1.165) is 6.42 Å². The fraction of sp³-hybridized carbons (Fsp3) is 0.889. The lowest BCUT2D eigenvalue weighted by molar-refractivity contribution is -0.133. The van der Waals surface area contributed by atoms with Gasteiger partial charge in [-0.2, -0.15) is 12.6 Å². The van der Waals surface area contributed by atoms with Crippen LogP contribution in [0.5, 0.6) is 0 Å². The number of β-amino-alcohol motifs (C(OH)–C–C–N with tert-alkyl or cyclic N) is 1. The summed E-state index contributed by atoms with van der Waals surface area (Å²) < 4.78 is 0. The molecule has 5 heteroatoms. The summed E-state index contributed by atoms with van der Waals surface area (Å²) in [4.78, 5) is 13.2. The third-order valence-electron chi connectivity index (χ3n) is 2.47. The van der Waals surface area contributed by atoms with Gasteiger partial charge in [0.2, 0.25) is 5.91 Å². The maximum Gasteiger partial charge on any atom is 0.223 e. The predicted octanol–water partition coefficient (Wildman–Crippen LogP) is -0.349. The number of rotatable bonds is 4. The molecule has 0 aromatic carbocycles. The maximum absolute atomic E-state index is 11.6. The van der Waals surface area contributed by atoms with Gasteiger partial charge in [-0.25, -0.2) is 0 Å². The van der Waals surface area contributed by atoms with E-state index in [1.807, 2.05) is 0 Å². The van der Waals surface area contributed by atoms with Gasteiger partial charge in [0.25, 0.3) is 0 Å². The lowest BCUT2D eigenvalue weighted by Crippen LogP contribution is -2.37. The minimum Gasteiger partial charge on any atom is -0.394 e. The predicted molar refractivity (Wildman–Crippen MR) is 56.3 cm³/mol. The lowest BCUT2D eigenvalue weighted by Gasteiger charge is -2.22. The van der Waals surface area contributed by atoms with Gasteiger partial charge < -0.3 is 15.1 Å². The van der Waals surface area contributed by atoms with Crippen LogP contribution in [0.3, 0.4) is 0 Å². The van der Waals surface area contributed by atoms with E-state index in [1.165, 1.54) is 0 Å². The van der Waals surface area contributed by atoms with Gasteiger partial charge in [-0.05, 0) is 18.6 Å². The first-order chi connectivity index (χ1) is 6.69. The van der Waals surface area contributed by atoms with Gasteiger partial charge in [0.05, 0.1) is 18.8 Å². The Morgan fingerprint density at radius 3 is 2.86 bits per heavy atom. The molecule has 2 N–H and O–H groups in total. The van der Waals surface area contributed by atoms with E-state index in [2.05, 4.69) is 12.6 Å². The summed E-state index contributed by atoms with van der Waals surface area (Å²) >= 11 is 4.03. The van der Waals surface area contributed by atoms with Crippen LogP contribution in [0.1, 0.15) is 19.3 Å². The average Bonchev–Trinajstić information content (AvgIpc) is 2.56. The van der Waals surface area contributed by atoms with E-state index in [-0.39, 0.29) is 18.6 Å². The number of aliphatic hydroxyl groups excluding tert-OH is 2. The van der Waals surface area contributed by atoms with E-state index < -0.39 is 6.10 Å². The Hall–Kier alpha value is -0.260. The Morgan fingerprint density at radius 2 is 2.29 bits per heavy atom. The lowest BCUT2D eigenvalue weighted by atomic mass is 10.2. The average molecular weight is 219 g/mol. The summed E-state index contributed by atoms with van der Waals surface area (Å²) in [5.41, 5.74) is 0. The van der Waals surface area contributed by atoms with E-state index in [1.54, 1.807) is 4.90 Å². The van der Waals surface area contributed by atoms with E-state index in [0.29, 0.717) is 25.1 Å². The molecule has 0 aliphatic carbocycles. The highest BCUT2D eigenvalue weighted by atomic mass is 32.1. The Bertz CT molecular complexity index is 200. The monoisotopic (exact) mass is 219 g/mol. The topological polar surface area (TPSA) is 60.8 Å². The van der Waals surface area contributed by atoms with Gasteiger partial charge in [-0.3, -0.25) is 4.79 Å². The minimum absolute atomic E-state index is 0.00894. The van der Waals surface area contributed by atoms with Gasteiger partial charge in [0, 0.05) is 13.0 Å². The molecule has 1 amide bonds. The smallest absolute Gasteiger partial charge is 0.223 e. The van der Waals surface area contributed by atoms with Crippen molar-refractivity contribution in [3.8, 4) is 0 Å². The molecule has 4 nitrogen and oxygen atoms in total. The molecule has 82 valence electrons. The second kappa shape index (κ2) is 5.58. The first kappa shape index (κ1) is 11.8. The summed E-state index contributed by atoms with van der Waals surface area (Å²) in [7, 11) is 0. The highest BCUT2D eigenvalue weighted by molar-refractivity contribution is 7.80. The molecule has 0 aromatic rings. The van der Waals surface area contributed by atoms with Crippen LogP contribution in [0.15, 0.2) is 0 Å². The normalized spacial score (nSPS) is 26.9. The van der Waals surface area contributed by atoms with Crippen LogP contribution in [0, 0.1) is 0 Å². The number of likely N-dealkylation sites (tertiary alicyclic amines) is 1. The molecule has 1 saturated heterocycles. The second-order valence-electron chi connectivity index (χ2n) is 3.60. The number of carbonyl (C=O) groups is 1. The third kappa shape index (κ3) is 2.87. The van der Waals surface area contributed by atoms with E-state index in [4.69, 9.17) is 5.11 Å². The molecule has 2 atom stereocenters. The van der Waals surface area contributed by atoms with Crippen molar-refractivity contribution >= 4 is 18.5 Å². The number of aliphatic hydroxyl groups is 2. The van der Waals surface area contributed by atoms with Crippen LogP contribution in [0.25, 0.3) is 0 Å². The zero-order valence-electron chi connectivity index (χ0n) is 8.09. The summed E-state index contributed by atoms with van der Waals surface area (Å²) in [6.07, 6.45) is 1.20. The SMILES string of the molecule is O=C(CCCS)N1C[C@H](O)CC1CO. The Balaban J connectivity index is 2.45. The molecule has 0 aromatic heterocycles. The number of amides is 1. The van der Waals surface area contributed by atoms with Crippen LogP contribution >= 0.6 is 12.6 Å². The number of carbonyl (C=O) groups excluding carboxylic acids is 1. The number of hydrogen-bond donors (Lipinski definition) is 3. The summed E-state index contributed by atoms with van der Waals surface area (Å²) in [6.45, 7) is 0.292. The fourth-order valence-electron chi connectivity index (χ4n) is 1.74. The van der Waals surface area contributed by atoms with Gasteiger partial charge in [-0.15, -0.1) is 0 Å². The second-order valence-corrected chi connectivity index (χ2v) is 4.05. The minimum atomic E-state index is -0.480. The van der Waals surface area contributed by atoms with Gasteiger partial charge in [-0.1, -0.05) is 0 Å². The van der Waals surface area contributed by atoms with Crippen molar-refractivity contribution in [1.82, 2.24) is 4.90 Å². The molecule has 1 heterocycles. The molecule has 14 heavy (non-hydrogen) atoms. The standard InChI is InChI=1S/C9H17NO3S/c11-6-7-4-8(12)5-10(7)9(13)2-1-3-14/h7-8,11-12,14H,1-6H2/t7?,8-/m1/s1. The Kier molecular flexibility index (Phi) is 4.71. The molecule has 0 spiro atoms. The largest absolute Gasteiger partial charge is 0.394 e. The molecule has 1 aliphatic heterocycles. The maximum atomic E-state index is 11.6. The van der Waals surface area contributed by atoms with Crippen molar-refractivity contribution in [3.05, 3.63) is 0 Å².